The Labute approximate surface area is 147 Å². The molecule has 1 fully saturated rings. The summed E-state index contributed by atoms with van der Waals surface area (Å²) in [6, 6.07) is -0.171. The fourth-order valence-electron chi connectivity index (χ4n) is 3.03. The maximum Gasteiger partial charge on any atom is 0.317 e. The number of anilines is 1. The van der Waals surface area contributed by atoms with Crippen LogP contribution >= 0.6 is 11.3 Å². The van der Waals surface area contributed by atoms with Gasteiger partial charge in [-0.25, -0.2) is 9.78 Å². The molecule has 3 amide bonds. The minimum Gasteiger partial charge on any atom is -0.375 e. The van der Waals surface area contributed by atoms with Crippen molar-refractivity contribution in [3.8, 4) is 0 Å². The Morgan fingerprint density at radius 2 is 2.08 bits per heavy atom. The molecule has 2 unspecified atom stereocenters. The molecule has 0 aromatic carbocycles. The second kappa shape index (κ2) is 7.38. The van der Waals surface area contributed by atoms with E-state index in [0.717, 1.165) is 5.69 Å². The average Bonchev–Trinajstić information content (AvgIpc) is 3.09. The van der Waals surface area contributed by atoms with E-state index in [9.17, 15) is 9.59 Å². The molecule has 0 bridgehead atoms. The van der Waals surface area contributed by atoms with Crippen molar-refractivity contribution < 1.29 is 9.59 Å². The Balaban J connectivity index is 2.17. The molecule has 0 spiro atoms. The quantitative estimate of drug-likeness (QED) is 0.861. The number of carbonyl (C=O) groups excluding carboxylic acids is 2. The van der Waals surface area contributed by atoms with E-state index in [4.69, 9.17) is 5.73 Å². The van der Waals surface area contributed by atoms with E-state index in [1.807, 2.05) is 11.8 Å². The molecule has 0 saturated carbocycles. The van der Waals surface area contributed by atoms with Crippen LogP contribution in [0.2, 0.25) is 0 Å². The molecule has 2 rings (SSSR count). The van der Waals surface area contributed by atoms with Gasteiger partial charge in [0.25, 0.3) is 5.91 Å². The average molecular weight is 353 g/mol. The molecule has 0 aliphatic carbocycles. The zero-order chi connectivity index (χ0) is 18.0. The van der Waals surface area contributed by atoms with Crippen LogP contribution in [0.4, 0.5) is 9.93 Å². The smallest absolute Gasteiger partial charge is 0.317 e. The first kappa shape index (κ1) is 18.5. The Bertz CT molecular complexity index is 614. The molecule has 2 atom stereocenters. The molecule has 3 N–H and O–H groups in total. The molecule has 1 saturated heterocycles. The summed E-state index contributed by atoms with van der Waals surface area (Å²) in [7, 11) is 3.43. The lowest BCUT2D eigenvalue weighted by Crippen LogP contribution is -2.46. The predicted octanol–water partition coefficient (Wildman–Crippen LogP) is 1.66. The number of thiazole rings is 1. The van der Waals surface area contributed by atoms with Gasteiger partial charge in [0, 0.05) is 33.1 Å². The summed E-state index contributed by atoms with van der Waals surface area (Å²) < 4.78 is 0. The standard InChI is InChI=1S/C16H27N5O2S/c1-6-11-13(24-15(17)18-11)14(22)21-7-10(9(2)3)12(8-21)19-16(23)20(4)5/h9-10,12H,6-8H2,1-5H3,(H2,17,18)(H,19,23). The number of hydrogen-bond acceptors (Lipinski definition) is 5. The van der Waals surface area contributed by atoms with E-state index in [0.29, 0.717) is 35.4 Å². The number of carbonyl (C=O) groups is 2. The van der Waals surface area contributed by atoms with Crippen molar-refractivity contribution >= 4 is 28.4 Å². The van der Waals surface area contributed by atoms with Crippen LogP contribution in [0.15, 0.2) is 0 Å². The largest absolute Gasteiger partial charge is 0.375 e. The first-order chi connectivity index (χ1) is 11.2. The van der Waals surface area contributed by atoms with Gasteiger partial charge in [-0.15, -0.1) is 0 Å². The van der Waals surface area contributed by atoms with E-state index in [2.05, 4.69) is 24.1 Å². The fraction of sp³-hybridized carbons (Fsp3) is 0.688. The molecular formula is C16H27N5O2S. The zero-order valence-corrected chi connectivity index (χ0v) is 15.8. The third kappa shape index (κ3) is 3.80. The summed E-state index contributed by atoms with van der Waals surface area (Å²) in [5, 5.41) is 3.46. The topological polar surface area (TPSA) is 91.6 Å². The number of rotatable bonds is 4. The number of nitrogen functional groups attached to an aromatic ring is 1. The highest BCUT2D eigenvalue weighted by molar-refractivity contribution is 7.17. The molecular weight excluding hydrogens is 326 g/mol. The first-order valence-corrected chi connectivity index (χ1v) is 9.08. The molecule has 1 aromatic rings. The third-order valence-corrected chi connectivity index (χ3v) is 5.38. The van der Waals surface area contributed by atoms with Gasteiger partial charge in [0.05, 0.1) is 11.7 Å². The van der Waals surface area contributed by atoms with Crippen molar-refractivity contribution in [2.45, 2.75) is 33.2 Å². The van der Waals surface area contributed by atoms with Gasteiger partial charge in [-0.3, -0.25) is 4.79 Å². The molecule has 7 nitrogen and oxygen atoms in total. The van der Waals surface area contributed by atoms with Gasteiger partial charge < -0.3 is 20.9 Å². The molecule has 0 radical (unpaired) electrons. The van der Waals surface area contributed by atoms with Crippen molar-refractivity contribution in [1.29, 1.82) is 0 Å². The monoisotopic (exact) mass is 353 g/mol. The van der Waals surface area contributed by atoms with Gasteiger partial charge in [-0.1, -0.05) is 32.1 Å². The van der Waals surface area contributed by atoms with Crippen LogP contribution < -0.4 is 11.1 Å². The summed E-state index contributed by atoms with van der Waals surface area (Å²) in [6.07, 6.45) is 0.678. The minimum atomic E-state index is -0.128. The van der Waals surface area contributed by atoms with E-state index in [1.165, 1.54) is 16.2 Å². The lowest BCUT2D eigenvalue weighted by Gasteiger charge is -2.24. The Hall–Kier alpha value is -1.83. The van der Waals surface area contributed by atoms with Crippen LogP contribution in [0.25, 0.3) is 0 Å². The van der Waals surface area contributed by atoms with Crippen molar-refractivity contribution in [2.24, 2.45) is 11.8 Å². The van der Waals surface area contributed by atoms with Gasteiger partial charge in [0.15, 0.2) is 5.13 Å². The predicted molar refractivity (Wildman–Crippen MR) is 96.1 cm³/mol. The molecule has 24 heavy (non-hydrogen) atoms. The number of urea groups is 1. The van der Waals surface area contributed by atoms with Gasteiger partial charge >= 0.3 is 6.03 Å². The lowest BCUT2D eigenvalue weighted by atomic mass is 9.91. The number of aromatic nitrogens is 1. The van der Waals surface area contributed by atoms with E-state index in [1.54, 1.807) is 14.1 Å². The van der Waals surface area contributed by atoms with Gasteiger partial charge in [0.1, 0.15) is 4.88 Å². The van der Waals surface area contributed by atoms with E-state index in [-0.39, 0.29) is 23.9 Å². The lowest BCUT2D eigenvalue weighted by molar-refractivity contribution is 0.0786. The minimum absolute atomic E-state index is 0.0340. The second-order valence-corrected chi connectivity index (χ2v) is 7.78. The molecule has 1 aliphatic heterocycles. The highest BCUT2D eigenvalue weighted by atomic mass is 32.1. The van der Waals surface area contributed by atoms with Crippen LogP contribution in [-0.4, -0.2) is 59.9 Å². The van der Waals surface area contributed by atoms with Crippen LogP contribution in [0.3, 0.4) is 0 Å². The van der Waals surface area contributed by atoms with Crippen LogP contribution in [0.5, 0.6) is 0 Å². The fourth-order valence-corrected chi connectivity index (χ4v) is 3.92. The SMILES string of the molecule is CCc1nc(N)sc1C(=O)N1CC(NC(=O)N(C)C)C(C(C)C)C1. The van der Waals surface area contributed by atoms with Gasteiger partial charge in [-0.05, 0) is 12.3 Å². The Morgan fingerprint density at radius 3 is 2.62 bits per heavy atom. The third-order valence-electron chi connectivity index (χ3n) is 4.47. The van der Waals surface area contributed by atoms with E-state index >= 15 is 0 Å². The van der Waals surface area contributed by atoms with Crippen molar-refractivity contribution in [3.63, 3.8) is 0 Å². The molecule has 1 aromatic heterocycles. The number of nitrogens with one attached hydrogen (secondary N) is 1. The summed E-state index contributed by atoms with van der Waals surface area (Å²) in [5.41, 5.74) is 6.52. The molecule has 1 aliphatic rings. The number of hydrogen-bond donors (Lipinski definition) is 2. The number of amides is 3. The molecule has 2 heterocycles. The second-order valence-electron chi connectivity index (χ2n) is 6.75. The summed E-state index contributed by atoms with van der Waals surface area (Å²) >= 11 is 1.24. The van der Waals surface area contributed by atoms with Crippen LogP contribution in [-0.2, 0) is 6.42 Å². The zero-order valence-electron chi connectivity index (χ0n) is 15.0. The molecule has 8 heteroatoms. The van der Waals surface area contributed by atoms with Crippen molar-refractivity contribution in [1.82, 2.24) is 20.1 Å². The summed E-state index contributed by atoms with van der Waals surface area (Å²) in [6.45, 7) is 7.36. The van der Waals surface area contributed by atoms with Crippen LogP contribution in [0, 0.1) is 11.8 Å². The maximum absolute atomic E-state index is 12.9. The van der Waals surface area contributed by atoms with Crippen molar-refractivity contribution in [2.75, 3.05) is 32.9 Å². The highest BCUT2D eigenvalue weighted by Gasteiger charge is 2.39. The Morgan fingerprint density at radius 1 is 1.42 bits per heavy atom. The van der Waals surface area contributed by atoms with Crippen molar-refractivity contribution in [3.05, 3.63) is 10.6 Å². The Kier molecular flexibility index (Phi) is 5.69. The van der Waals surface area contributed by atoms with Gasteiger partial charge in [-0.2, -0.15) is 0 Å². The maximum atomic E-state index is 12.9. The summed E-state index contributed by atoms with van der Waals surface area (Å²) in [5.74, 6) is 0.564. The van der Waals surface area contributed by atoms with Gasteiger partial charge in [0.2, 0.25) is 0 Å². The number of nitrogens with zero attached hydrogens (tertiary/aromatic N) is 3. The number of nitrogens with two attached hydrogens (primary N) is 1. The number of aryl methyl sites for hydroxylation is 1. The first-order valence-electron chi connectivity index (χ1n) is 8.26. The number of likely N-dealkylation sites (tertiary alicyclic amines) is 1. The van der Waals surface area contributed by atoms with E-state index < -0.39 is 0 Å². The molecule has 134 valence electrons. The highest BCUT2D eigenvalue weighted by Crippen LogP contribution is 2.29. The van der Waals surface area contributed by atoms with Crippen LogP contribution in [0.1, 0.15) is 36.1 Å². The normalized spacial score (nSPS) is 20.5. The summed E-state index contributed by atoms with van der Waals surface area (Å²) in [4.78, 5) is 33.1.